The predicted molar refractivity (Wildman–Crippen MR) is 52.8 cm³/mol. The second-order valence-electron chi connectivity index (χ2n) is 4.22. The van der Waals surface area contributed by atoms with Crippen molar-refractivity contribution in [3.8, 4) is 0 Å². The molecule has 12 heavy (non-hydrogen) atoms. The van der Waals surface area contributed by atoms with Crippen LogP contribution in [0.2, 0.25) is 0 Å². The van der Waals surface area contributed by atoms with Crippen LogP contribution in [0.1, 0.15) is 26.7 Å². The number of hydrogen-bond acceptors (Lipinski definition) is 0. The summed E-state index contributed by atoms with van der Waals surface area (Å²) in [4.78, 5) is 0. The zero-order chi connectivity index (χ0) is 8.55. The van der Waals surface area contributed by atoms with Gasteiger partial charge in [-0.25, -0.2) is 0 Å². The van der Waals surface area contributed by atoms with Crippen molar-refractivity contribution in [2.75, 3.05) is 0 Å². The van der Waals surface area contributed by atoms with E-state index in [-0.39, 0.29) is 0 Å². The number of rotatable bonds is 2. The Kier molecular flexibility index (Phi) is 2.08. The van der Waals surface area contributed by atoms with Gasteiger partial charge in [-0.05, 0) is 36.5 Å². The van der Waals surface area contributed by atoms with E-state index in [4.69, 9.17) is 0 Å². The molecule has 0 saturated heterocycles. The maximum atomic E-state index is 2.44. The maximum absolute atomic E-state index is 2.44. The van der Waals surface area contributed by atoms with E-state index in [1.54, 1.807) is 0 Å². The molecule has 1 saturated carbocycles. The zero-order valence-electron chi connectivity index (χ0n) is 8.03. The van der Waals surface area contributed by atoms with Crippen LogP contribution < -0.4 is 0 Å². The van der Waals surface area contributed by atoms with E-state index < -0.39 is 0 Å². The molecule has 0 nitrogen and oxygen atoms in total. The van der Waals surface area contributed by atoms with Crippen molar-refractivity contribution >= 4 is 0 Å². The molecule has 1 fully saturated rings. The first-order valence-electron chi connectivity index (χ1n) is 5.18. The molecule has 0 aromatic carbocycles. The molecule has 2 rings (SSSR count). The molecule has 0 heteroatoms. The summed E-state index contributed by atoms with van der Waals surface area (Å²) < 4.78 is 0. The molecule has 0 radical (unpaired) electrons. The quantitative estimate of drug-likeness (QED) is 0.546. The van der Waals surface area contributed by atoms with Crippen molar-refractivity contribution in [1.29, 1.82) is 0 Å². The van der Waals surface area contributed by atoms with Gasteiger partial charge >= 0.3 is 0 Å². The van der Waals surface area contributed by atoms with E-state index in [0.717, 1.165) is 23.7 Å². The van der Waals surface area contributed by atoms with E-state index in [2.05, 4.69) is 38.2 Å². The largest absolute Gasteiger partial charge is 0.0885 e. The molecule has 0 aromatic heterocycles. The molecule has 0 aliphatic heterocycles. The molecule has 0 aromatic rings. The van der Waals surface area contributed by atoms with Gasteiger partial charge in [0, 0.05) is 0 Å². The third kappa shape index (κ3) is 1.14. The van der Waals surface area contributed by atoms with Crippen LogP contribution in [0.15, 0.2) is 24.3 Å². The lowest BCUT2D eigenvalue weighted by Gasteiger charge is -2.21. The normalized spacial score (nSPS) is 44.8. The highest BCUT2D eigenvalue weighted by Crippen LogP contribution is 2.48. The lowest BCUT2D eigenvalue weighted by Crippen LogP contribution is -2.13. The van der Waals surface area contributed by atoms with Gasteiger partial charge in [0.25, 0.3) is 0 Å². The molecule has 2 bridgehead atoms. The lowest BCUT2D eigenvalue weighted by molar-refractivity contribution is 0.402. The van der Waals surface area contributed by atoms with Gasteiger partial charge in [-0.1, -0.05) is 38.2 Å². The van der Waals surface area contributed by atoms with Gasteiger partial charge in [0.2, 0.25) is 0 Å². The Morgan fingerprint density at radius 1 is 1.33 bits per heavy atom. The SMILES string of the molecule is CC/C=C/C1C2C=CC(C2)C1C. The minimum atomic E-state index is 0.847. The Hall–Kier alpha value is -0.520. The summed E-state index contributed by atoms with van der Waals surface area (Å²) in [7, 11) is 0. The highest BCUT2D eigenvalue weighted by Gasteiger charge is 2.39. The van der Waals surface area contributed by atoms with Crippen molar-refractivity contribution in [3.05, 3.63) is 24.3 Å². The third-order valence-corrected chi connectivity index (χ3v) is 3.52. The number of allylic oxidation sites excluding steroid dienone is 4. The van der Waals surface area contributed by atoms with Gasteiger partial charge in [-0.3, -0.25) is 0 Å². The topological polar surface area (TPSA) is 0 Å². The Morgan fingerprint density at radius 3 is 2.67 bits per heavy atom. The van der Waals surface area contributed by atoms with E-state index in [1.807, 2.05) is 0 Å². The summed E-state index contributed by atoms with van der Waals surface area (Å²) >= 11 is 0. The van der Waals surface area contributed by atoms with Crippen LogP contribution in [-0.4, -0.2) is 0 Å². The molecular formula is C12H18. The van der Waals surface area contributed by atoms with Gasteiger partial charge in [0.1, 0.15) is 0 Å². The lowest BCUT2D eigenvalue weighted by atomic mass is 9.84. The fraction of sp³-hybridized carbons (Fsp3) is 0.667. The van der Waals surface area contributed by atoms with E-state index in [1.165, 1.54) is 12.8 Å². The van der Waals surface area contributed by atoms with Crippen molar-refractivity contribution in [1.82, 2.24) is 0 Å². The Morgan fingerprint density at radius 2 is 2.08 bits per heavy atom. The average Bonchev–Trinajstić information content (AvgIpc) is 2.62. The molecule has 0 spiro atoms. The van der Waals surface area contributed by atoms with Crippen LogP contribution in [0.5, 0.6) is 0 Å². The Labute approximate surface area is 75.4 Å². The molecular weight excluding hydrogens is 144 g/mol. The van der Waals surface area contributed by atoms with Crippen molar-refractivity contribution < 1.29 is 0 Å². The van der Waals surface area contributed by atoms with Crippen LogP contribution in [0.4, 0.5) is 0 Å². The minimum Gasteiger partial charge on any atom is -0.0885 e. The van der Waals surface area contributed by atoms with Crippen molar-refractivity contribution in [2.45, 2.75) is 26.7 Å². The predicted octanol–water partition coefficient (Wildman–Crippen LogP) is 3.41. The number of fused-ring (bicyclic) bond motifs is 2. The first-order valence-corrected chi connectivity index (χ1v) is 5.18. The van der Waals surface area contributed by atoms with Crippen LogP contribution >= 0.6 is 0 Å². The molecule has 2 aliphatic carbocycles. The molecule has 2 aliphatic rings. The first kappa shape index (κ1) is 8.10. The Bertz CT molecular complexity index is 212. The fourth-order valence-electron chi connectivity index (χ4n) is 2.72. The molecule has 66 valence electrons. The maximum Gasteiger partial charge on any atom is -0.0139 e. The van der Waals surface area contributed by atoms with E-state index in [0.29, 0.717) is 0 Å². The van der Waals surface area contributed by atoms with Crippen LogP contribution in [-0.2, 0) is 0 Å². The zero-order valence-corrected chi connectivity index (χ0v) is 8.03. The second kappa shape index (κ2) is 3.08. The second-order valence-corrected chi connectivity index (χ2v) is 4.22. The van der Waals surface area contributed by atoms with Gasteiger partial charge in [0.05, 0.1) is 0 Å². The summed E-state index contributed by atoms with van der Waals surface area (Å²) in [6.45, 7) is 4.61. The van der Waals surface area contributed by atoms with Gasteiger partial charge < -0.3 is 0 Å². The third-order valence-electron chi connectivity index (χ3n) is 3.52. The summed E-state index contributed by atoms with van der Waals surface area (Å²) in [5.74, 6) is 3.50. The summed E-state index contributed by atoms with van der Waals surface area (Å²) in [5, 5.41) is 0. The molecule has 0 N–H and O–H groups in total. The highest BCUT2D eigenvalue weighted by atomic mass is 14.4. The molecule has 0 heterocycles. The number of hydrogen-bond donors (Lipinski definition) is 0. The summed E-state index contributed by atoms with van der Waals surface area (Å²) in [5.41, 5.74) is 0. The van der Waals surface area contributed by atoms with E-state index in [9.17, 15) is 0 Å². The van der Waals surface area contributed by atoms with Crippen LogP contribution in [0.25, 0.3) is 0 Å². The van der Waals surface area contributed by atoms with Crippen LogP contribution in [0, 0.1) is 23.7 Å². The van der Waals surface area contributed by atoms with Gasteiger partial charge in [-0.15, -0.1) is 0 Å². The monoisotopic (exact) mass is 162 g/mol. The molecule has 4 atom stereocenters. The minimum absolute atomic E-state index is 0.847. The van der Waals surface area contributed by atoms with Gasteiger partial charge in [-0.2, -0.15) is 0 Å². The smallest absolute Gasteiger partial charge is 0.0139 e. The van der Waals surface area contributed by atoms with E-state index >= 15 is 0 Å². The summed E-state index contributed by atoms with van der Waals surface area (Å²) in [6.07, 6.45) is 12.2. The van der Waals surface area contributed by atoms with Crippen LogP contribution in [0.3, 0.4) is 0 Å². The first-order chi connectivity index (χ1) is 5.83. The fourth-order valence-corrected chi connectivity index (χ4v) is 2.72. The highest BCUT2D eigenvalue weighted by molar-refractivity contribution is 5.16. The Balaban J connectivity index is 2.08. The standard InChI is InChI=1S/C12H18/c1-3-4-5-12-9(2)10-6-7-11(12)8-10/h4-7,9-12H,3,8H2,1-2H3/b5-4+. The molecule has 4 unspecified atom stereocenters. The van der Waals surface area contributed by atoms with Gasteiger partial charge in [0.15, 0.2) is 0 Å². The molecule has 0 amide bonds. The average molecular weight is 162 g/mol. The van der Waals surface area contributed by atoms with Crippen molar-refractivity contribution in [2.24, 2.45) is 23.7 Å². The van der Waals surface area contributed by atoms with Crippen molar-refractivity contribution in [3.63, 3.8) is 0 Å². The summed E-state index contributed by atoms with van der Waals surface area (Å²) in [6, 6.07) is 0.